The zero-order chi connectivity index (χ0) is 20.3. The van der Waals surface area contributed by atoms with E-state index < -0.39 is 17.9 Å². The predicted molar refractivity (Wildman–Crippen MR) is 106 cm³/mol. The fourth-order valence-electron chi connectivity index (χ4n) is 3.56. The second-order valence-corrected chi connectivity index (χ2v) is 7.64. The molecule has 1 saturated carbocycles. The van der Waals surface area contributed by atoms with E-state index in [4.69, 9.17) is 5.73 Å². The molecule has 0 radical (unpaired) electrons. The van der Waals surface area contributed by atoms with E-state index in [1.54, 1.807) is 0 Å². The number of rotatable bonds is 9. The fourth-order valence-corrected chi connectivity index (χ4v) is 3.56. The van der Waals surface area contributed by atoms with Gasteiger partial charge in [0, 0.05) is 18.3 Å². The summed E-state index contributed by atoms with van der Waals surface area (Å²) in [6, 6.07) is 6.35. The number of hydrogen-bond acceptors (Lipinski definition) is 3. The van der Waals surface area contributed by atoms with Gasteiger partial charge in [0.2, 0.25) is 0 Å². The molecule has 154 valence electrons. The second kappa shape index (κ2) is 8.57. The average molecular weight is 394 g/mol. The topological polar surface area (TPSA) is 65.9 Å². The highest BCUT2D eigenvalue weighted by Gasteiger charge is 2.38. The molecule has 0 saturated heterocycles. The van der Waals surface area contributed by atoms with Crippen LogP contribution < -0.4 is 16.4 Å². The van der Waals surface area contributed by atoms with Gasteiger partial charge in [-0.05, 0) is 56.2 Å². The van der Waals surface area contributed by atoms with Crippen molar-refractivity contribution in [2.24, 2.45) is 5.92 Å². The van der Waals surface area contributed by atoms with E-state index in [1.165, 1.54) is 16.7 Å². The van der Waals surface area contributed by atoms with Gasteiger partial charge in [-0.1, -0.05) is 30.7 Å². The molecule has 1 aromatic carbocycles. The van der Waals surface area contributed by atoms with E-state index in [2.05, 4.69) is 47.7 Å². The van der Waals surface area contributed by atoms with E-state index in [0.717, 1.165) is 31.9 Å². The molecule has 1 atom stereocenters. The van der Waals surface area contributed by atoms with E-state index in [-0.39, 0.29) is 11.4 Å². The molecule has 1 fully saturated rings. The normalized spacial score (nSPS) is 15.8. The van der Waals surface area contributed by atoms with Gasteiger partial charge in [0.05, 0.1) is 11.7 Å². The first kappa shape index (κ1) is 20.7. The number of benzene rings is 1. The van der Waals surface area contributed by atoms with Crippen molar-refractivity contribution in [3.63, 3.8) is 0 Å². The molecule has 0 bridgehead atoms. The van der Waals surface area contributed by atoms with Gasteiger partial charge in [-0.3, -0.25) is 10.6 Å². The summed E-state index contributed by atoms with van der Waals surface area (Å²) in [5.74, 6) is 0.598. The van der Waals surface area contributed by atoms with Gasteiger partial charge in [-0.2, -0.15) is 13.2 Å². The smallest absolute Gasteiger partial charge is 0.385 e. The van der Waals surface area contributed by atoms with Gasteiger partial charge in [-0.25, -0.2) is 0 Å². The van der Waals surface area contributed by atoms with Crippen molar-refractivity contribution in [2.45, 2.75) is 51.9 Å². The standard InChI is InChI=1S/C21H29F3N4/c1-3-15-10-13(2)4-7-16(15)8-9-26-20(28-11-14-5-6-14)18-17(21(22,23)24)12-27-19(18)25/h4,7,10,12,14,20,26-28H,3,5-6,8-9,11,25H2,1-2H3. The van der Waals surface area contributed by atoms with E-state index in [9.17, 15) is 13.2 Å². The monoisotopic (exact) mass is 394 g/mol. The van der Waals surface area contributed by atoms with E-state index >= 15 is 0 Å². The number of nitrogens with one attached hydrogen (secondary N) is 3. The molecule has 1 aliphatic carbocycles. The van der Waals surface area contributed by atoms with Crippen LogP contribution in [0.25, 0.3) is 0 Å². The van der Waals surface area contributed by atoms with Gasteiger partial charge < -0.3 is 10.7 Å². The number of hydrogen-bond donors (Lipinski definition) is 4. The van der Waals surface area contributed by atoms with Crippen LogP contribution in [0.5, 0.6) is 0 Å². The van der Waals surface area contributed by atoms with Gasteiger partial charge in [-0.15, -0.1) is 0 Å². The minimum absolute atomic E-state index is 0.0534. The molecule has 28 heavy (non-hydrogen) atoms. The van der Waals surface area contributed by atoms with Crippen LogP contribution in [0.4, 0.5) is 19.0 Å². The Labute approximate surface area is 164 Å². The summed E-state index contributed by atoms with van der Waals surface area (Å²) in [5.41, 5.74) is 8.94. The van der Waals surface area contributed by atoms with Gasteiger partial charge >= 0.3 is 6.18 Å². The summed E-state index contributed by atoms with van der Waals surface area (Å²) in [5, 5.41) is 6.51. The molecule has 1 unspecified atom stereocenters. The molecule has 0 aliphatic heterocycles. The summed E-state index contributed by atoms with van der Waals surface area (Å²) in [7, 11) is 0. The maximum absolute atomic E-state index is 13.4. The van der Waals surface area contributed by atoms with Crippen LogP contribution >= 0.6 is 0 Å². The molecule has 7 heteroatoms. The van der Waals surface area contributed by atoms with Crippen LogP contribution in [0.1, 0.15) is 53.7 Å². The average Bonchev–Trinajstić information content (AvgIpc) is 3.38. The SMILES string of the molecule is CCc1cc(C)ccc1CCNC(NCC1CC1)c1c(C(F)(F)F)c[nH]c1N. The maximum atomic E-state index is 13.4. The summed E-state index contributed by atoms with van der Waals surface area (Å²) in [6.45, 7) is 5.42. The Morgan fingerprint density at radius 3 is 2.61 bits per heavy atom. The van der Waals surface area contributed by atoms with Crippen molar-refractivity contribution in [3.05, 3.63) is 52.2 Å². The number of H-pyrrole nitrogens is 1. The van der Waals surface area contributed by atoms with Crippen LogP contribution in [-0.2, 0) is 19.0 Å². The fraction of sp³-hybridized carbons (Fsp3) is 0.524. The van der Waals surface area contributed by atoms with Crippen molar-refractivity contribution >= 4 is 5.82 Å². The molecule has 4 nitrogen and oxygen atoms in total. The number of nitrogen functional groups attached to an aromatic ring is 1. The van der Waals surface area contributed by atoms with Crippen molar-refractivity contribution in [1.82, 2.24) is 15.6 Å². The molecule has 5 N–H and O–H groups in total. The maximum Gasteiger partial charge on any atom is 0.418 e. The van der Waals surface area contributed by atoms with Crippen molar-refractivity contribution in [1.29, 1.82) is 0 Å². The van der Waals surface area contributed by atoms with Gasteiger partial charge in [0.25, 0.3) is 0 Å². The Morgan fingerprint density at radius 2 is 1.96 bits per heavy atom. The molecule has 1 aliphatic rings. The summed E-state index contributed by atoms with van der Waals surface area (Å²) >= 11 is 0. The van der Waals surface area contributed by atoms with Gasteiger partial charge in [0.15, 0.2) is 0 Å². The summed E-state index contributed by atoms with van der Waals surface area (Å²) < 4.78 is 40.3. The molecule has 3 rings (SSSR count). The summed E-state index contributed by atoms with van der Waals surface area (Å²) in [4.78, 5) is 2.54. The highest BCUT2D eigenvalue weighted by atomic mass is 19.4. The number of halogens is 3. The molecule has 0 amide bonds. The van der Waals surface area contributed by atoms with Crippen LogP contribution in [0, 0.1) is 12.8 Å². The third-order valence-electron chi connectivity index (χ3n) is 5.34. The molecule has 2 aromatic rings. The van der Waals surface area contributed by atoms with E-state index in [0.29, 0.717) is 19.0 Å². The Morgan fingerprint density at radius 1 is 1.21 bits per heavy atom. The van der Waals surface area contributed by atoms with Gasteiger partial charge in [0.1, 0.15) is 5.82 Å². The lowest BCUT2D eigenvalue weighted by atomic mass is 10.00. The van der Waals surface area contributed by atoms with Crippen molar-refractivity contribution in [2.75, 3.05) is 18.8 Å². The van der Waals surface area contributed by atoms with Crippen LogP contribution in [0.15, 0.2) is 24.4 Å². The van der Waals surface area contributed by atoms with Crippen molar-refractivity contribution in [3.8, 4) is 0 Å². The molecule has 0 spiro atoms. The van der Waals surface area contributed by atoms with E-state index in [1.807, 2.05) is 0 Å². The highest BCUT2D eigenvalue weighted by molar-refractivity contribution is 5.49. The Hall–Kier alpha value is -1.99. The first-order valence-corrected chi connectivity index (χ1v) is 9.88. The minimum Gasteiger partial charge on any atom is -0.385 e. The quantitative estimate of drug-likeness (QED) is 0.479. The third kappa shape index (κ3) is 5.08. The number of aromatic nitrogens is 1. The van der Waals surface area contributed by atoms with Crippen LogP contribution in [0.2, 0.25) is 0 Å². The van der Waals surface area contributed by atoms with Crippen molar-refractivity contribution < 1.29 is 13.2 Å². The minimum atomic E-state index is -4.45. The molecule has 1 heterocycles. The number of anilines is 1. The first-order chi connectivity index (χ1) is 13.3. The van der Waals surface area contributed by atoms with Crippen LogP contribution in [-0.4, -0.2) is 18.1 Å². The predicted octanol–water partition coefficient (Wildman–Crippen LogP) is 4.32. The molecule has 1 aromatic heterocycles. The highest BCUT2D eigenvalue weighted by Crippen LogP contribution is 2.37. The largest absolute Gasteiger partial charge is 0.418 e. The number of nitrogens with two attached hydrogens (primary N) is 1. The number of aromatic amines is 1. The Kier molecular flexibility index (Phi) is 6.35. The first-order valence-electron chi connectivity index (χ1n) is 9.88. The molecular weight excluding hydrogens is 365 g/mol. The lowest BCUT2D eigenvalue weighted by Gasteiger charge is -2.23. The zero-order valence-corrected chi connectivity index (χ0v) is 16.4. The zero-order valence-electron chi connectivity index (χ0n) is 16.4. The summed E-state index contributed by atoms with van der Waals surface area (Å²) in [6.07, 6.45) is -0.209. The Bertz CT molecular complexity index is 793. The molecular formula is C21H29F3N4. The number of alkyl halides is 3. The second-order valence-electron chi connectivity index (χ2n) is 7.64. The third-order valence-corrected chi connectivity index (χ3v) is 5.34. The Balaban J connectivity index is 1.73. The lowest BCUT2D eigenvalue weighted by Crippen LogP contribution is -2.38. The van der Waals surface area contributed by atoms with Crippen LogP contribution in [0.3, 0.4) is 0 Å². The number of aryl methyl sites for hydroxylation is 2. The lowest BCUT2D eigenvalue weighted by molar-refractivity contribution is -0.138.